The Morgan fingerprint density at radius 2 is 2.17 bits per heavy atom. The van der Waals surface area contributed by atoms with E-state index in [9.17, 15) is 0 Å². The van der Waals surface area contributed by atoms with Crippen molar-refractivity contribution in [2.24, 2.45) is 7.05 Å². The number of halogens is 1. The summed E-state index contributed by atoms with van der Waals surface area (Å²) >= 11 is 3.49. The third kappa shape index (κ3) is 1.43. The van der Waals surface area contributed by atoms with Crippen molar-refractivity contribution in [3.05, 3.63) is 22.4 Å². The smallest absolute Gasteiger partial charge is 0.0846 e. The molecule has 1 aliphatic rings. The van der Waals surface area contributed by atoms with Crippen LogP contribution >= 0.6 is 15.9 Å². The molecule has 0 aliphatic carbocycles. The van der Waals surface area contributed by atoms with Gasteiger partial charge < -0.3 is 4.57 Å². The van der Waals surface area contributed by atoms with Crippen LogP contribution < -0.4 is 0 Å². The maximum absolute atomic E-state index is 3.49. The van der Waals surface area contributed by atoms with E-state index in [1.54, 1.807) is 0 Å². The quantitative estimate of drug-likeness (QED) is 0.752. The SMILES string of the molecule is Cn1c(Br)ccc1CN1CCC1. The lowest BCUT2D eigenvalue weighted by Crippen LogP contribution is -2.36. The van der Waals surface area contributed by atoms with Gasteiger partial charge in [0.1, 0.15) is 0 Å². The maximum Gasteiger partial charge on any atom is 0.0846 e. The summed E-state index contributed by atoms with van der Waals surface area (Å²) in [5, 5.41) is 0. The van der Waals surface area contributed by atoms with Gasteiger partial charge in [0, 0.05) is 19.3 Å². The zero-order valence-electron chi connectivity index (χ0n) is 7.26. The Balaban J connectivity index is 2.06. The van der Waals surface area contributed by atoms with Gasteiger partial charge in [-0.1, -0.05) is 0 Å². The molecule has 2 rings (SSSR count). The molecule has 0 spiro atoms. The number of likely N-dealkylation sites (tertiary alicyclic amines) is 1. The third-order valence-electron chi connectivity index (χ3n) is 2.50. The van der Waals surface area contributed by atoms with Gasteiger partial charge in [0.15, 0.2) is 0 Å². The fourth-order valence-electron chi connectivity index (χ4n) is 1.45. The molecule has 12 heavy (non-hydrogen) atoms. The number of hydrogen-bond donors (Lipinski definition) is 0. The van der Waals surface area contributed by atoms with E-state index in [0.29, 0.717) is 0 Å². The maximum atomic E-state index is 3.49. The molecule has 0 radical (unpaired) electrons. The van der Waals surface area contributed by atoms with Crippen LogP contribution in [0.25, 0.3) is 0 Å². The first-order valence-electron chi connectivity index (χ1n) is 4.30. The Bertz CT molecular complexity index is 276. The minimum absolute atomic E-state index is 1.10. The van der Waals surface area contributed by atoms with Gasteiger partial charge in [-0.15, -0.1) is 0 Å². The van der Waals surface area contributed by atoms with Gasteiger partial charge in [0.05, 0.1) is 4.60 Å². The summed E-state index contributed by atoms with van der Waals surface area (Å²) in [4.78, 5) is 2.46. The Hall–Kier alpha value is -0.280. The van der Waals surface area contributed by atoms with Crippen LogP contribution in [0.5, 0.6) is 0 Å². The molecular weight excluding hydrogens is 216 g/mol. The molecule has 1 aromatic rings. The minimum Gasteiger partial charge on any atom is -0.341 e. The van der Waals surface area contributed by atoms with Crippen LogP contribution in [0.1, 0.15) is 12.1 Å². The average Bonchev–Trinajstić information content (AvgIpc) is 2.27. The highest BCUT2D eigenvalue weighted by atomic mass is 79.9. The van der Waals surface area contributed by atoms with Crippen molar-refractivity contribution in [1.82, 2.24) is 9.47 Å². The highest BCUT2D eigenvalue weighted by Crippen LogP contribution is 2.17. The van der Waals surface area contributed by atoms with Gasteiger partial charge >= 0.3 is 0 Å². The van der Waals surface area contributed by atoms with E-state index < -0.39 is 0 Å². The summed E-state index contributed by atoms with van der Waals surface area (Å²) in [6.07, 6.45) is 1.37. The first-order chi connectivity index (χ1) is 5.77. The van der Waals surface area contributed by atoms with Crippen molar-refractivity contribution in [2.75, 3.05) is 13.1 Å². The molecule has 2 nitrogen and oxygen atoms in total. The molecule has 2 heterocycles. The molecule has 1 fully saturated rings. The van der Waals surface area contributed by atoms with Gasteiger partial charge in [-0.2, -0.15) is 0 Å². The Labute approximate surface area is 81.3 Å². The molecule has 0 aromatic carbocycles. The third-order valence-corrected chi connectivity index (χ3v) is 3.30. The van der Waals surface area contributed by atoms with Crippen LogP contribution in [0.3, 0.4) is 0 Å². The summed E-state index contributed by atoms with van der Waals surface area (Å²) < 4.78 is 3.36. The second-order valence-electron chi connectivity index (χ2n) is 3.34. The molecule has 3 heteroatoms. The van der Waals surface area contributed by atoms with Crippen molar-refractivity contribution >= 4 is 15.9 Å². The fourth-order valence-corrected chi connectivity index (χ4v) is 1.81. The Morgan fingerprint density at radius 1 is 1.42 bits per heavy atom. The lowest BCUT2D eigenvalue weighted by molar-refractivity contribution is 0.169. The standard InChI is InChI=1S/C9H13BrN2/c1-11-8(3-4-9(11)10)7-12-5-2-6-12/h3-4H,2,5-7H2,1H3. The van der Waals surface area contributed by atoms with Crippen LogP contribution in [0.4, 0.5) is 0 Å². The summed E-state index contributed by atoms with van der Waals surface area (Å²) in [5.41, 5.74) is 1.39. The highest BCUT2D eigenvalue weighted by Gasteiger charge is 2.15. The van der Waals surface area contributed by atoms with Crippen LogP contribution in [0.15, 0.2) is 16.7 Å². The molecule has 0 N–H and O–H groups in total. The molecule has 0 saturated carbocycles. The van der Waals surface area contributed by atoms with Gasteiger partial charge in [-0.25, -0.2) is 0 Å². The van der Waals surface area contributed by atoms with E-state index in [1.165, 1.54) is 25.2 Å². The number of hydrogen-bond acceptors (Lipinski definition) is 1. The van der Waals surface area contributed by atoms with E-state index >= 15 is 0 Å². The van der Waals surface area contributed by atoms with Crippen molar-refractivity contribution in [3.8, 4) is 0 Å². The van der Waals surface area contributed by atoms with Crippen molar-refractivity contribution in [2.45, 2.75) is 13.0 Å². The molecule has 0 amide bonds. The monoisotopic (exact) mass is 228 g/mol. The number of nitrogens with zero attached hydrogens (tertiary/aromatic N) is 2. The Kier molecular flexibility index (Phi) is 2.24. The van der Waals surface area contributed by atoms with E-state index in [-0.39, 0.29) is 0 Å². The largest absolute Gasteiger partial charge is 0.341 e. The van der Waals surface area contributed by atoms with Gasteiger partial charge in [0.25, 0.3) is 0 Å². The number of aromatic nitrogens is 1. The summed E-state index contributed by atoms with van der Waals surface area (Å²) in [6, 6.07) is 4.29. The first kappa shape index (κ1) is 8.32. The minimum atomic E-state index is 1.10. The predicted octanol–water partition coefficient (Wildman–Crippen LogP) is 1.99. The molecular formula is C9H13BrN2. The van der Waals surface area contributed by atoms with E-state index in [0.717, 1.165) is 11.1 Å². The van der Waals surface area contributed by atoms with Crippen LogP contribution in [0, 0.1) is 0 Å². The van der Waals surface area contributed by atoms with Gasteiger partial charge in [0.2, 0.25) is 0 Å². The van der Waals surface area contributed by atoms with Crippen LogP contribution in [-0.2, 0) is 13.6 Å². The predicted molar refractivity (Wildman–Crippen MR) is 53.0 cm³/mol. The van der Waals surface area contributed by atoms with Gasteiger partial charge in [-0.05, 0) is 47.6 Å². The zero-order valence-corrected chi connectivity index (χ0v) is 8.84. The molecule has 0 unspecified atom stereocenters. The number of rotatable bonds is 2. The van der Waals surface area contributed by atoms with E-state index in [1.807, 2.05) is 0 Å². The normalized spacial score (nSPS) is 17.8. The molecule has 0 atom stereocenters. The summed E-state index contributed by atoms with van der Waals surface area (Å²) in [6.45, 7) is 3.63. The van der Waals surface area contributed by atoms with Crippen LogP contribution in [0.2, 0.25) is 0 Å². The molecule has 0 bridgehead atoms. The molecule has 1 aliphatic heterocycles. The second-order valence-corrected chi connectivity index (χ2v) is 4.15. The lowest BCUT2D eigenvalue weighted by Gasteiger charge is -2.30. The summed E-state index contributed by atoms with van der Waals surface area (Å²) in [5.74, 6) is 0. The Morgan fingerprint density at radius 3 is 2.58 bits per heavy atom. The van der Waals surface area contributed by atoms with E-state index in [4.69, 9.17) is 0 Å². The fraction of sp³-hybridized carbons (Fsp3) is 0.556. The van der Waals surface area contributed by atoms with Crippen LogP contribution in [-0.4, -0.2) is 22.6 Å². The average molecular weight is 229 g/mol. The second kappa shape index (κ2) is 3.23. The topological polar surface area (TPSA) is 8.17 Å². The van der Waals surface area contributed by atoms with Crippen molar-refractivity contribution < 1.29 is 0 Å². The van der Waals surface area contributed by atoms with Crippen molar-refractivity contribution in [1.29, 1.82) is 0 Å². The van der Waals surface area contributed by atoms with Crippen molar-refractivity contribution in [3.63, 3.8) is 0 Å². The zero-order chi connectivity index (χ0) is 8.55. The highest BCUT2D eigenvalue weighted by molar-refractivity contribution is 9.10. The molecule has 66 valence electrons. The molecule has 1 aromatic heterocycles. The van der Waals surface area contributed by atoms with E-state index in [2.05, 4.69) is 44.6 Å². The first-order valence-corrected chi connectivity index (χ1v) is 5.09. The summed E-state index contributed by atoms with van der Waals surface area (Å²) in [7, 11) is 2.10. The molecule has 1 saturated heterocycles. The lowest BCUT2D eigenvalue weighted by atomic mass is 10.2. The van der Waals surface area contributed by atoms with Gasteiger partial charge in [-0.3, -0.25) is 4.90 Å².